The van der Waals surface area contributed by atoms with Crippen LogP contribution in [0.4, 0.5) is 0 Å². The van der Waals surface area contributed by atoms with E-state index in [0.717, 1.165) is 12.7 Å². The molecule has 2 rings (SSSR count). The molecule has 0 atom stereocenters. The Balaban J connectivity index is 1.89. The topological polar surface area (TPSA) is 82.1 Å². The lowest BCUT2D eigenvalue weighted by Gasteiger charge is -2.12. The molecular weight excluding hydrogens is 372 g/mol. The van der Waals surface area contributed by atoms with Crippen LogP contribution >= 0.6 is 0 Å². The Morgan fingerprint density at radius 2 is 1.69 bits per heavy atom. The molecule has 0 aliphatic rings. The Labute approximate surface area is 170 Å². The van der Waals surface area contributed by atoms with E-state index in [2.05, 4.69) is 0 Å². The molecule has 0 bridgehead atoms. The second kappa shape index (κ2) is 10.9. The number of rotatable bonds is 11. The molecule has 0 heterocycles. The van der Waals surface area contributed by atoms with Gasteiger partial charge in [0, 0.05) is 17.5 Å². The Morgan fingerprint density at radius 1 is 1.03 bits per heavy atom. The van der Waals surface area contributed by atoms with Gasteiger partial charge in [0.1, 0.15) is 31.0 Å². The van der Waals surface area contributed by atoms with E-state index in [1.165, 1.54) is 7.11 Å². The van der Waals surface area contributed by atoms with Crippen LogP contribution in [-0.2, 0) is 0 Å². The second-order valence-electron chi connectivity index (χ2n) is 6.38. The minimum atomic E-state index is -0.0757. The van der Waals surface area contributed by atoms with E-state index in [1.807, 2.05) is 6.92 Å². The predicted molar refractivity (Wildman–Crippen MR) is 111 cm³/mol. The third-order valence-corrected chi connectivity index (χ3v) is 4.32. The number of benzene rings is 2. The molecular formula is C23H26O6. The average Bonchev–Trinajstić information content (AvgIpc) is 2.73. The first-order valence-electron chi connectivity index (χ1n) is 9.41. The summed E-state index contributed by atoms with van der Waals surface area (Å²) in [5.74, 6) is 1.44. The third kappa shape index (κ3) is 5.85. The first-order valence-corrected chi connectivity index (χ1v) is 9.41. The Hall–Kier alpha value is -3.28. The highest BCUT2D eigenvalue weighted by atomic mass is 16.5. The molecule has 2 aromatic carbocycles. The van der Waals surface area contributed by atoms with E-state index in [1.54, 1.807) is 49.4 Å². The minimum Gasteiger partial charge on any atom is -0.507 e. The summed E-state index contributed by atoms with van der Waals surface area (Å²) in [6.07, 6.45) is 5.46. The highest BCUT2D eigenvalue weighted by molar-refractivity contribution is 5.99. The zero-order chi connectivity index (χ0) is 21.2. The fourth-order valence-electron chi connectivity index (χ4n) is 2.71. The van der Waals surface area contributed by atoms with E-state index in [0.29, 0.717) is 47.0 Å². The van der Waals surface area contributed by atoms with Crippen LogP contribution in [-0.4, -0.2) is 37.5 Å². The van der Waals surface area contributed by atoms with Crippen molar-refractivity contribution in [3.05, 3.63) is 59.2 Å². The van der Waals surface area contributed by atoms with Crippen molar-refractivity contribution < 1.29 is 28.9 Å². The van der Waals surface area contributed by atoms with Gasteiger partial charge in [-0.25, -0.2) is 0 Å². The molecule has 1 N–H and O–H groups in total. The lowest BCUT2D eigenvalue weighted by Crippen LogP contribution is -2.02. The molecule has 154 valence electrons. The predicted octanol–water partition coefficient (Wildman–Crippen LogP) is 4.52. The largest absolute Gasteiger partial charge is 0.507 e. The second-order valence-corrected chi connectivity index (χ2v) is 6.38. The number of ketones is 1. The first kappa shape index (κ1) is 22.0. The molecule has 29 heavy (non-hydrogen) atoms. The van der Waals surface area contributed by atoms with Gasteiger partial charge >= 0.3 is 0 Å². The Bertz CT molecular complexity index is 885. The van der Waals surface area contributed by atoms with Gasteiger partial charge in [0.2, 0.25) is 0 Å². The lowest BCUT2D eigenvalue weighted by atomic mass is 10.0. The van der Waals surface area contributed by atoms with E-state index < -0.39 is 0 Å². The van der Waals surface area contributed by atoms with E-state index in [9.17, 15) is 14.7 Å². The summed E-state index contributed by atoms with van der Waals surface area (Å²) in [5.41, 5.74) is 1.38. The Kier molecular flexibility index (Phi) is 8.27. The summed E-state index contributed by atoms with van der Waals surface area (Å²) in [4.78, 5) is 22.8. The number of Topliss-reactive ketones (excluding diaryl/α,β-unsaturated/α-hetero) is 1. The van der Waals surface area contributed by atoms with Gasteiger partial charge in [0.15, 0.2) is 17.3 Å². The molecule has 0 saturated heterocycles. The number of aldehydes is 1. The van der Waals surface area contributed by atoms with Gasteiger partial charge in [-0.2, -0.15) is 0 Å². The summed E-state index contributed by atoms with van der Waals surface area (Å²) in [6, 6.07) is 8.24. The molecule has 0 aliphatic carbocycles. The molecule has 6 nitrogen and oxygen atoms in total. The van der Waals surface area contributed by atoms with Crippen molar-refractivity contribution in [3.8, 4) is 23.0 Å². The number of methoxy groups -OCH3 is 1. The maximum atomic E-state index is 12.0. The number of aromatic hydroxyl groups is 1. The summed E-state index contributed by atoms with van der Waals surface area (Å²) < 4.78 is 16.5. The van der Waals surface area contributed by atoms with E-state index >= 15 is 0 Å². The zero-order valence-electron chi connectivity index (χ0n) is 16.9. The number of ether oxygens (including phenoxy) is 3. The standard InChI is InChI=1S/C23H26O6/c1-4-7-19(25)18-9-11-20(16(2)23(18)26)28-12-5-6-13-29-21-10-8-17(15-24)14-22(21)27-3/h5-6,8-11,14-15,26H,4,7,12-13H2,1-3H3/b6-5+. The van der Waals surface area contributed by atoms with Crippen LogP contribution in [0.5, 0.6) is 23.0 Å². The summed E-state index contributed by atoms with van der Waals surface area (Å²) in [7, 11) is 1.51. The quantitative estimate of drug-likeness (QED) is 0.340. The van der Waals surface area contributed by atoms with E-state index in [4.69, 9.17) is 14.2 Å². The molecule has 0 spiro atoms. The number of phenols is 1. The van der Waals surface area contributed by atoms with Crippen LogP contribution in [0.25, 0.3) is 0 Å². The third-order valence-electron chi connectivity index (χ3n) is 4.32. The molecule has 2 aromatic rings. The van der Waals surface area contributed by atoms with Gasteiger partial charge in [-0.3, -0.25) is 9.59 Å². The monoisotopic (exact) mass is 398 g/mol. The normalized spacial score (nSPS) is 10.7. The first-order chi connectivity index (χ1) is 14.0. The number of hydrogen-bond donors (Lipinski definition) is 1. The van der Waals surface area contributed by atoms with Crippen molar-refractivity contribution in [1.82, 2.24) is 0 Å². The maximum absolute atomic E-state index is 12.0. The van der Waals surface area contributed by atoms with Crippen molar-refractivity contribution in [1.29, 1.82) is 0 Å². The van der Waals surface area contributed by atoms with Crippen molar-refractivity contribution in [2.75, 3.05) is 20.3 Å². The SMILES string of the molecule is CCCC(=O)c1ccc(OC/C=C/COc2ccc(C=O)cc2OC)c(C)c1O. The number of carbonyl (C=O) groups excluding carboxylic acids is 2. The van der Waals surface area contributed by atoms with Crippen LogP contribution in [0.15, 0.2) is 42.5 Å². The lowest BCUT2D eigenvalue weighted by molar-refractivity contribution is 0.0978. The van der Waals surface area contributed by atoms with E-state index in [-0.39, 0.29) is 18.1 Å². The van der Waals surface area contributed by atoms with Crippen LogP contribution in [0.2, 0.25) is 0 Å². The average molecular weight is 398 g/mol. The molecule has 0 fully saturated rings. The van der Waals surface area contributed by atoms with Crippen molar-refractivity contribution in [3.63, 3.8) is 0 Å². The van der Waals surface area contributed by atoms with Crippen LogP contribution < -0.4 is 14.2 Å². The van der Waals surface area contributed by atoms with Crippen LogP contribution in [0.3, 0.4) is 0 Å². The summed E-state index contributed by atoms with van der Waals surface area (Å²) in [6.45, 7) is 4.23. The number of carbonyl (C=O) groups is 2. The molecule has 0 radical (unpaired) electrons. The highest BCUT2D eigenvalue weighted by Gasteiger charge is 2.15. The van der Waals surface area contributed by atoms with Crippen molar-refractivity contribution in [2.24, 2.45) is 0 Å². The highest BCUT2D eigenvalue weighted by Crippen LogP contribution is 2.31. The van der Waals surface area contributed by atoms with Crippen LogP contribution in [0.1, 0.15) is 46.0 Å². The molecule has 0 saturated carbocycles. The molecule has 0 unspecified atom stereocenters. The van der Waals surface area contributed by atoms with Gasteiger partial charge in [0.05, 0.1) is 12.7 Å². The van der Waals surface area contributed by atoms with Gasteiger partial charge in [-0.05, 0) is 55.8 Å². The van der Waals surface area contributed by atoms with Gasteiger partial charge < -0.3 is 19.3 Å². The fraction of sp³-hybridized carbons (Fsp3) is 0.304. The van der Waals surface area contributed by atoms with Crippen LogP contribution in [0, 0.1) is 6.92 Å². The van der Waals surface area contributed by atoms with Crippen molar-refractivity contribution in [2.45, 2.75) is 26.7 Å². The fourth-order valence-corrected chi connectivity index (χ4v) is 2.71. The maximum Gasteiger partial charge on any atom is 0.166 e. The van der Waals surface area contributed by atoms with Gasteiger partial charge in [-0.15, -0.1) is 0 Å². The van der Waals surface area contributed by atoms with Gasteiger partial charge in [0.25, 0.3) is 0 Å². The minimum absolute atomic E-state index is 0.0286. The number of phenolic OH excluding ortho intramolecular Hbond substituents is 1. The summed E-state index contributed by atoms with van der Waals surface area (Å²) >= 11 is 0. The smallest absolute Gasteiger partial charge is 0.166 e. The Morgan fingerprint density at radius 3 is 2.31 bits per heavy atom. The molecule has 0 aliphatic heterocycles. The van der Waals surface area contributed by atoms with Crippen molar-refractivity contribution >= 4 is 12.1 Å². The summed E-state index contributed by atoms with van der Waals surface area (Å²) in [5, 5.41) is 10.3. The molecule has 0 amide bonds. The molecule has 6 heteroatoms. The zero-order valence-corrected chi connectivity index (χ0v) is 16.9. The molecule has 0 aromatic heterocycles. The number of hydrogen-bond acceptors (Lipinski definition) is 6. The van der Waals surface area contributed by atoms with Gasteiger partial charge in [-0.1, -0.05) is 6.92 Å².